The van der Waals surface area contributed by atoms with Crippen LogP contribution in [-0.4, -0.2) is 78.0 Å². The van der Waals surface area contributed by atoms with E-state index >= 15 is 0 Å². The van der Waals surface area contributed by atoms with Crippen molar-refractivity contribution in [1.82, 2.24) is 15.1 Å². The molecule has 2 fully saturated rings. The summed E-state index contributed by atoms with van der Waals surface area (Å²) in [5.41, 5.74) is -0.680. The average molecular weight is 539 g/mol. The highest BCUT2D eigenvalue weighted by atomic mass is 35.5. The van der Waals surface area contributed by atoms with Crippen LogP contribution in [0.25, 0.3) is 0 Å². The molecule has 0 spiro atoms. The maximum atomic E-state index is 13.6. The minimum Gasteiger partial charge on any atom is -0.380 e. The molecule has 11 heteroatoms. The number of rotatable bonds is 8. The van der Waals surface area contributed by atoms with Crippen LogP contribution in [0.15, 0.2) is 42.5 Å². The molecule has 3 N–H and O–H groups in total. The molecular weight excluding hydrogens is 509 g/mol. The number of nitrogens with one attached hydrogen (secondary N) is 2. The first-order chi connectivity index (χ1) is 17.5. The summed E-state index contributed by atoms with van der Waals surface area (Å²) in [6.07, 6.45) is -1.09. The van der Waals surface area contributed by atoms with Crippen LogP contribution in [0.1, 0.15) is 35.7 Å². The third-order valence-electron chi connectivity index (χ3n) is 6.98. The second-order valence-corrected chi connectivity index (χ2v) is 10.1. The van der Waals surface area contributed by atoms with Gasteiger partial charge in [-0.3, -0.25) is 14.5 Å². The molecule has 2 heterocycles. The molecule has 2 saturated heterocycles. The summed E-state index contributed by atoms with van der Waals surface area (Å²) in [6, 6.07) is 10.8. The maximum absolute atomic E-state index is 13.6. The normalized spacial score (nSPS) is 18.8. The molecule has 0 bridgehead atoms. The first-order valence-electron chi connectivity index (χ1n) is 12.2. The van der Waals surface area contributed by atoms with Gasteiger partial charge in [-0.15, -0.1) is 0 Å². The first kappa shape index (κ1) is 27.2. The van der Waals surface area contributed by atoms with Crippen molar-refractivity contribution in [2.24, 2.45) is 0 Å². The number of anilines is 1. The predicted molar refractivity (Wildman–Crippen MR) is 134 cm³/mol. The summed E-state index contributed by atoms with van der Waals surface area (Å²) >= 11 is 6.19. The molecule has 2 aliphatic rings. The molecule has 0 saturated carbocycles. The first-order valence-corrected chi connectivity index (χ1v) is 12.6. The second kappa shape index (κ2) is 11.3. The van der Waals surface area contributed by atoms with Gasteiger partial charge in [-0.2, -0.15) is 0 Å². The number of amides is 2. The number of piperidine rings is 1. The summed E-state index contributed by atoms with van der Waals surface area (Å²) in [5, 5.41) is 16.5. The number of aliphatic hydroxyl groups is 1. The summed E-state index contributed by atoms with van der Waals surface area (Å²) in [5.74, 6) is -1.57. The molecule has 0 radical (unpaired) electrons. The van der Waals surface area contributed by atoms with Gasteiger partial charge in [0, 0.05) is 37.9 Å². The predicted octanol–water partition coefficient (Wildman–Crippen LogP) is 3.47. The number of carbonyl (C=O) groups is 2. The van der Waals surface area contributed by atoms with Crippen molar-refractivity contribution in [3.05, 3.63) is 64.4 Å². The molecule has 2 aromatic rings. The smallest absolute Gasteiger partial charge is 0.258 e. The Hall–Kier alpha value is -2.82. The number of hydrogen-bond donors (Lipinski definition) is 3. The van der Waals surface area contributed by atoms with Crippen LogP contribution in [0, 0.1) is 5.82 Å². The zero-order valence-corrected chi connectivity index (χ0v) is 21.1. The van der Waals surface area contributed by atoms with Gasteiger partial charge in [0.05, 0.1) is 23.2 Å². The largest absolute Gasteiger partial charge is 0.380 e. The van der Waals surface area contributed by atoms with Gasteiger partial charge in [-0.25, -0.2) is 13.2 Å². The molecule has 200 valence electrons. The van der Waals surface area contributed by atoms with Gasteiger partial charge in [0.25, 0.3) is 18.2 Å². The lowest BCUT2D eigenvalue weighted by Crippen LogP contribution is -2.61. The Labute approximate surface area is 218 Å². The standard InChI is InChI=1S/C26H30ClF3N4O3/c1-26(37,16-3-2-4-17(28)11-16)25(36)33-9-7-20(8-10-33)34-14-19(15-34)32-18-5-6-21(22(27)12-18)24(35)31-13-23(29)30/h2-6,11-12,19-20,23,32,37H,7-10,13-15H2,1H3,(H,31,35)/t26-/m0/s1. The molecule has 4 rings (SSSR count). The molecule has 7 nitrogen and oxygen atoms in total. The molecular formula is C26H30ClF3N4O3. The highest BCUT2D eigenvalue weighted by molar-refractivity contribution is 6.34. The van der Waals surface area contributed by atoms with Gasteiger partial charge in [0.2, 0.25) is 0 Å². The molecule has 37 heavy (non-hydrogen) atoms. The third-order valence-corrected chi connectivity index (χ3v) is 7.30. The Morgan fingerprint density at radius 3 is 2.49 bits per heavy atom. The van der Waals surface area contributed by atoms with Gasteiger partial charge in [0.15, 0.2) is 5.60 Å². The average Bonchev–Trinajstić information content (AvgIpc) is 2.84. The van der Waals surface area contributed by atoms with Crippen LogP contribution in [0.4, 0.5) is 18.9 Å². The van der Waals surface area contributed by atoms with E-state index in [0.717, 1.165) is 31.6 Å². The minimum atomic E-state index is -2.63. The fourth-order valence-corrected chi connectivity index (χ4v) is 5.12. The lowest BCUT2D eigenvalue weighted by Gasteiger charge is -2.48. The van der Waals surface area contributed by atoms with Crippen molar-refractivity contribution in [2.45, 2.75) is 43.9 Å². The molecule has 1 atom stereocenters. The SMILES string of the molecule is C[C@@](O)(C(=O)N1CCC(N2CC(Nc3ccc(C(=O)NCC(F)F)c(Cl)c3)C2)CC1)c1cccc(F)c1. The number of halogens is 4. The fraction of sp³-hybridized carbons (Fsp3) is 0.462. The summed E-state index contributed by atoms with van der Waals surface area (Å²) in [7, 11) is 0. The van der Waals surface area contributed by atoms with Crippen molar-refractivity contribution >= 4 is 29.1 Å². The second-order valence-electron chi connectivity index (χ2n) is 9.70. The van der Waals surface area contributed by atoms with E-state index in [4.69, 9.17) is 11.6 Å². The summed E-state index contributed by atoms with van der Waals surface area (Å²) in [4.78, 5) is 28.9. The van der Waals surface area contributed by atoms with Crippen LogP contribution in [-0.2, 0) is 10.4 Å². The Morgan fingerprint density at radius 2 is 1.86 bits per heavy atom. The van der Waals surface area contributed by atoms with E-state index in [1.165, 1.54) is 31.2 Å². The highest BCUT2D eigenvalue weighted by Crippen LogP contribution is 2.29. The van der Waals surface area contributed by atoms with Crippen LogP contribution in [0.3, 0.4) is 0 Å². The van der Waals surface area contributed by atoms with E-state index in [9.17, 15) is 27.9 Å². The Balaban J connectivity index is 1.23. The molecule has 0 aromatic heterocycles. The van der Waals surface area contributed by atoms with Crippen molar-refractivity contribution < 1.29 is 27.9 Å². The van der Waals surface area contributed by atoms with E-state index < -0.39 is 36.2 Å². The Kier molecular flexibility index (Phi) is 8.30. The van der Waals surface area contributed by atoms with Gasteiger partial charge < -0.3 is 20.6 Å². The minimum absolute atomic E-state index is 0.140. The molecule has 0 unspecified atom stereocenters. The van der Waals surface area contributed by atoms with Crippen molar-refractivity contribution in [2.75, 3.05) is 38.0 Å². The summed E-state index contributed by atoms with van der Waals surface area (Å²) in [6.45, 7) is 3.28. The van der Waals surface area contributed by atoms with Crippen LogP contribution in [0.5, 0.6) is 0 Å². The van der Waals surface area contributed by atoms with Crippen LogP contribution in [0.2, 0.25) is 5.02 Å². The van der Waals surface area contributed by atoms with E-state index in [-0.39, 0.29) is 22.2 Å². The topological polar surface area (TPSA) is 84.9 Å². The number of hydrogen-bond acceptors (Lipinski definition) is 5. The lowest BCUT2D eigenvalue weighted by molar-refractivity contribution is -0.152. The van der Waals surface area contributed by atoms with Crippen molar-refractivity contribution in [3.63, 3.8) is 0 Å². The number of benzene rings is 2. The van der Waals surface area contributed by atoms with E-state index in [0.29, 0.717) is 19.1 Å². The monoisotopic (exact) mass is 538 g/mol. The molecule has 2 aromatic carbocycles. The van der Waals surface area contributed by atoms with Gasteiger partial charge >= 0.3 is 0 Å². The third kappa shape index (κ3) is 6.37. The number of alkyl halides is 2. The van der Waals surface area contributed by atoms with E-state index in [1.54, 1.807) is 23.1 Å². The molecule has 0 aliphatic carbocycles. The van der Waals surface area contributed by atoms with Crippen molar-refractivity contribution in [3.8, 4) is 0 Å². The van der Waals surface area contributed by atoms with Gasteiger partial charge in [-0.05, 0) is 55.7 Å². The van der Waals surface area contributed by atoms with E-state index in [1.807, 2.05) is 0 Å². The van der Waals surface area contributed by atoms with Crippen LogP contribution >= 0.6 is 11.6 Å². The highest BCUT2D eigenvalue weighted by Gasteiger charge is 2.40. The van der Waals surface area contributed by atoms with Crippen LogP contribution < -0.4 is 10.6 Å². The zero-order valence-electron chi connectivity index (χ0n) is 20.4. The Bertz CT molecular complexity index is 1140. The number of likely N-dealkylation sites (tertiary alicyclic amines) is 2. The molecule has 2 amide bonds. The van der Waals surface area contributed by atoms with Crippen molar-refractivity contribution in [1.29, 1.82) is 0 Å². The molecule has 2 aliphatic heterocycles. The maximum Gasteiger partial charge on any atom is 0.258 e. The van der Waals surface area contributed by atoms with E-state index in [2.05, 4.69) is 15.5 Å². The quantitative estimate of drug-likeness (QED) is 0.479. The number of carbonyl (C=O) groups excluding carboxylic acids is 2. The zero-order chi connectivity index (χ0) is 26.7. The fourth-order valence-electron chi connectivity index (χ4n) is 4.85. The number of nitrogens with zero attached hydrogens (tertiary/aromatic N) is 2. The van der Waals surface area contributed by atoms with Gasteiger partial charge in [-0.1, -0.05) is 23.7 Å². The summed E-state index contributed by atoms with van der Waals surface area (Å²) < 4.78 is 38.2. The lowest BCUT2D eigenvalue weighted by atomic mass is 9.92. The Morgan fingerprint density at radius 1 is 1.16 bits per heavy atom. The van der Waals surface area contributed by atoms with Gasteiger partial charge in [0.1, 0.15) is 5.82 Å².